The molecule has 0 saturated heterocycles. The van der Waals surface area contributed by atoms with Crippen molar-refractivity contribution in [3.8, 4) is 0 Å². The molecule has 0 fully saturated rings. The molecular formula is C20H30N4. The summed E-state index contributed by atoms with van der Waals surface area (Å²) < 4.78 is 0. The van der Waals surface area contributed by atoms with Crippen LogP contribution in [-0.4, -0.2) is 22.6 Å². The number of aromatic nitrogens is 2. The molecule has 0 spiro atoms. The number of nitrogens with two attached hydrogens (primary N) is 1. The van der Waals surface area contributed by atoms with Crippen LogP contribution < -0.4 is 11.1 Å². The zero-order valence-electron chi connectivity index (χ0n) is 15.3. The SMILES string of the molecule is Cc1cnc(CC(CCCN)NC(C)(C)c2ccccn2)c(C)c1. The summed E-state index contributed by atoms with van der Waals surface area (Å²) in [6.45, 7) is 9.29. The van der Waals surface area contributed by atoms with Gasteiger partial charge < -0.3 is 11.1 Å². The second-order valence-corrected chi connectivity index (χ2v) is 7.09. The van der Waals surface area contributed by atoms with Crippen molar-refractivity contribution in [1.82, 2.24) is 15.3 Å². The number of rotatable bonds is 8. The molecule has 1 unspecified atom stereocenters. The van der Waals surface area contributed by atoms with Gasteiger partial charge in [-0.2, -0.15) is 0 Å². The molecular weight excluding hydrogens is 296 g/mol. The summed E-state index contributed by atoms with van der Waals surface area (Å²) in [6.07, 6.45) is 6.73. The van der Waals surface area contributed by atoms with Crippen molar-refractivity contribution in [3.05, 3.63) is 59.2 Å². The van der Waals surface area contributed by atoms with E-state index >= 15 is 0 Å². The second kappa shape index (κ2) is 8.36. The van der Waals surface area contributed by atoms with Gasteiger partial charge in [0.2, 0.25) is 0 Å². The first kappa shape index (κ1) is 18.6. The lowest BCUT2D eigenvalue weighted by molar-refractivity contribution is 0.315. The summed E-state index contributed by atoms with van der Waals surface area (Å²) in [4.78, 5) is 9.16. The molecule has 2 rings (SSSR count). The van der Waals surface area contributed by atoms with Crippen molar-refractivity contribution in [1.29, 1.82) is 0 Å². The molecule has 130 valence electrons. The van der Waals surface area contributed by atoms with E-state index in [1.165, 1.54) is 11.1 Å². The van der Waals surface area contributed by atoms with Crippen LogP contribution in [0.3, 0.4) is 0 Å². The largest absolute Gasteiger partial charge is 0.330 e. The molecule has 24 heavy (non-hydrogen) atoms. The third-order valence-electron chi connectivity index (χ3n) is 4.39. The van der Waals surface area contributed by atoms with Crippen LogP contribution >= 0.6 is 0 Å². The minimum atomic E-state index is -0.195. The van der Waals surface area contributed by atoms with Gasteiger partial charge in [0.1, 0.15) is 0 Å². The Bertz CT molecular complexity index is 637. The maximum absolute atomic E-state index is 5.74. The highest BCUT2D eigenvalue weighted by Crippen LogP contribution is 2.21. The van der Waals surface area contributed by atoms with E-state index in [4.69, 9.17) is 5.73 Å². The first-order valence-corrected chi connectivity index (χ1v) is 8.74. The molecule has 3 N–H and O–H groups in total. The van der Waals surface area contributed by atoms with Crippen LogP contribution in [0.4, 0.5) is 0 Å². The summed E-state index contributed by atoms with van der Waals surface area (Å²) in [5.74, 6) is 0. The summed E-state index contributed by atoms with van der Waals surface area (Å²) in [7, 11) is 0. The molecule has 0 aliphatic rings. The number of pyridine rings is 2. The van der Waals surface area contributed by atoms with E-state index in [0.717, 1.165) is 30.7 Å². The van der Waals surface area contributed by atoms with Gasteiger partial charge in [0.25, 0.3) is 0 Å². The van der Waals surface area contributed by atoms with Gasteiger partial charge in [0.05, 0.1) is 11.2 Å². The standard InChI is InChI=1S/C20H30N4/c1-15-12-16(2)18(23-14-15)13-17(8-7-10-21)24-20(3,4)19-9-5-6-11-22-19/h5-6,9,11-12,14,17,24H,7-8,10,13,21H2,1-4H3. The van der Waals surface area contributed by atoms with Crippen molar-refractivity contribution in [3.63, 3.8) is 0 Å². The molecule has 2 heterocycles. The first-order valence-electron chi connectivity index (χ1n) is 8.74. The molecule has 0 bridgehead atoms. The molecule has 4 heteroatoms. The molecule has 0 radical (unpaired) electrons. The normalized spacial score (nSPS) is 13.0. The predicted molar refractivity (Wildman–Crippen MR) is 99.9 cm³/mol. The van der Waals surface area contributed by atoms with Crippen LogP contribution in [-0.2, 0) is 12.0 Å². The third-order valence-corrected chi connectivity index (χ3v) is 4.39. The summed E-state index contributed by atoms with van der Waals surface area (Å²) in [6, 6.07) is 8.57. The van der Waals surface area contributed by atoms with Crippen LogP contribution in [0.2, 0.25) is 0 Å². The van der Waals surface area contributed by atoms with Gasteiger partial charge in [-0.15, -0.1) is 0 Å². The van der Waals surface area contributed by atoms with Gasteiger partial charge >= 0.3 is 0 Å². The maximum Gasteiger partial charge on any atom is 0.0599 e. The van der Waals surface area contributed by atoms with Gasteiger partial charge in [-0.3, -0.25) is 9.97 Å². The molecule has 4 nitrogen and oxygen atoms in total. The number of nitrogens with zero attached hydrogens (tertiary/aromatic N) is 2. The molecule has 2 aromatic heterocycles. The fraction of sp³-hybridized carbons (Fsp3) is 0.500. The number of aryl methyl sites for hydroxylation is 2. The molecule has 2 aromatic rings. The van der Waals surface area contributed by atoms with E-state index in [1.807, 2.05) is 24.5 Å². The van der Waals surface area contributed by atoms with E-state index in [2.05, 4.69) is 55.1 Å². The Kier molecular flexibility index (Phi) is 6.46. The van der Waals surface area contributed by atoms with Crippen LogP contribution in [0.25, 0.3) is 0 Å². The predicted octanol–water partition coefficient (Wildman–Crippen LogP) is 3.27. The Labute approximate surface area is 145 Å². The van der Waals surface area contributed by atoms with Crippen molar-refractivity contribution in [2.75, 3.05) is 6.54 Å². The molecule has 0 amide bonds. The third kappa shape index (κ3) is 5.11. The quantitative estimate of drug-likeness (QED) is 0.781. The van der Waals surface area contributed by atoms with E-state index in [0.29, 0.717) is 12.6 Å². The molecule has 1 atom stereocenters. The minimum absolute atomic E-state index is 0.195. The smallest absolute Gasteiger partial charge is 0.0599 e. The zero-order valence-corrected chi connectivity index (χ0v) is 15.3. The van der Waals surface area contributed by atoms with Gasteiger partial charge in [-0.1, -0.05) is 12.1 Å². The topological polar surface area (TPSA) is 63.8 Å². The van der Waals surface area contributed by atoms with Crippen LogP contribution in [0, 0.1) is 13.8 Å². The highest BCUT2D eigenvalue weighted by molar-refractivity contribution is 5.24. The lowest BCUT2D eigenvalue weighted by Gasteiger charge is -2.32. The van der Waals surface area contributed by atoms with Crippen LogP contribution in [0.15, 0.2) is 36.7 Å². The highest BCUT2D eigenvalue weighted by Gasteiger charge is 2.25. The Balaban J connectivity index is 2.15. The lowest BCUT2D eigenvalue weighted by atomic mass is 9.94. The zero-order chi connectivity index (χ0) is 17.6. The van der Waals surface area contributed by atoms with Gasteiger partial charge in [-0.05, 0) is 70.3 Å². The van der Waals surface area contributed by atoms with Crippen molar-refractivity contribution in [2.24, 2.45) is 5.73 Å². The highest BCUT2D eigenvalue weighted by atomic mass is 15.0. The van der Waals surface area contributed by atoms with E-state index in [-0.39, 0.29) is 5.54 Å². The van der Waals surface area contributed by atoms with E-state index < -0.39 is 0 Å². The Hall–Kier alpha value is -1.78. The monoisotopic (exact) mass is 326 g/mol. The summed E-state index contributed by atoms with van der Waals surface area (Å²) >= 11 is 0. The summed E-state index contributed by atoms with van der Waals surface area (Å²) in [5.41, 5.74) is 10.2. The molecule has 0 saturated carbocycles. The van der Waals surface area contributed by atoms with Gasteiger partial charge in [-0.25, -0.2) is 0 Å². The van der Waals surface area contributed by atoms with Crippen molar-refractivity contribution >= 4 is 0 Å². The fourth-order valence-electron chi connectivity index (χ4n) is 3.10. The maximum atomic E-state index is 5.74. The van der Waals surface area contributed by atoms with Gasteiger partial charge in [0.15, 0.2) is 0 Å². The van der Waals surface area contributed by atoms with Crippen molar-refractivity contribution < 1.29 is 0 Å². The number of hydrogen-bond donors (Lipinski definition) is 2. The molecule has 0 aliphatic heterocycles. The molecule has 0 aromatic carbocycles. The molecule has 0 aliphatic carbocycles. The second-order valence-electron chi connectivity index (χ2n) is 7.09. The Morgan fingerprint density at radius 3 is 2.62 bits per heavy atom. The summed E-state index contributed by atoms with van der Waals surface area (Å²) in [5, 5.41) is 3.78. The Morgan fingerprint density at radius 1 is 1.21 bits per heavy atom. The van der Waals surface area contributed by atoms with E-state index in [9.17, 15) is 0 Å². The van der Waals surface area contributed by atoms with Crippen molar-refractivity contribution in [2.45, 2.75) is 58.5 Å². The average molecular weight is 326 g/mol. The minimum Gasteiger partial charge on any atom is -0.330 e. The van der Waals surface area contributed by atoms with Gasteiger partial charge in [0, 0.05) is 30.6 Å². The van der Waals surface area contributed by atoms with Crippen LogP contribution in [0.5, 0.6) is 0 Å². The van der Waals surface area contributed by atoms with Crippen LogP contribution in [0.1, 0.15) is 49.2 Å². The first-order chi connectivity index (χ1) is 11.4. The number of nitrogens with one attached hydrogen (secondary N) is 1. The number of hydrogen-bond acceptors (Lipinski definition) is 4. The average Bonchev–Trinajstić information content (AvgIpc) is 2.55. The Morgan fingerprint density at radius 2 is 2.00 bits per heavy atom. The lowest BCUT2D eigenvalue weighted by Crippen LogP contribution is -2.45. The van der Waals surface area contributed by atoms with E-state index in [1.54, 1.807) is 0 Å². The fourth-order valence-corrected chi connectivity index (χ4v) is 3.10.